The number of rotatable bonds is 3. The van der Waals surface area contributed by atoms with Crippen molar-refractivity contribution in [3.05, 3.63) is 42.4 Å². The van der Waals surface area contributed by atoms with Gasteiger partial charge in [-0.3, -0.25) is 0 Å². The Morgan fingerprint density at radius 3 is 2.67 bits per heavy atom. The molecule has 78 valence electrons. The standard InChI is InChI=1S/C12H15N3/c1-10-2-4-11(5-3-10)12-8-14-9-15(12)7-6-13/h2-5,8-9H,6-7,13H2,1H3. The second-order valence-corrected chi connectivity index (χ2v) is 3.63. The summed E-state index contributed by atoms with van der Waals surface area (Å²) in [7, 11) is 0. The maximum Gasteiger partial charge on any atom is 0.0951 e. The van der Waals surface area contributed by atoms with Gasteiger partial charge in [0.1, 0.15) is 0 Å². The summed E-state index contributed by atoms with van der Waals surface area (Å²) in [6, 6.07) is 8.43. The molecule has 15 heavy (non-hydrogen) atoms. The van der Waals surface area contributed by atoms with Gasteiger partial charge in [0.05, 0.1) is 18.2 Å². The molecular formula is C12H15N3. The molecular weight excluding hydrogens is 186 g/mol. The Hall–Kier alpha value is -1.61. The van der Waals surface area contributed by atoms with Gasteiger partial charge in [0, 0.05) is 13.1 Å². The maximum atomic E-state index is 5.54. The van der Waals surface area contributed by atoms with Crippen molar-refractivity contribution in [2.45, 2.75) is 13.5 Å². The lowest BCUT2D eigenvalue weighted by Crippen LogP contribution is -2.09. The molecule has 1 aromatic heterocycles. The van der Waals surface area contributed by atoms with Crippen LogP contribution < -0.4 is 5.73 Å². The molecule has 0 aliphatic heterocycles. The van der Waals surface area contributed by atoms with Gasteiger partial charge in [0.25, 0.3) is 0 Å². The Bertz CT molecular complexity index is 428. The van der Waals surface area contributed by atoms with Crippen LogP contribution in [0.1, 0.15) is 5.56 Å². The van der Waals surface area contributed by atoms with Crippen LogP contribution in [-0.2, 0) is 6.54 Å². The second-order valence-electron chi connectivity index (χ2n) is 3.63. The minimum Gasteiger partial charge on any atom is -0.329 e. The van der Waals surface area contributed by atoms with E-state index in [0.29, 0.717) is 6.54 Å². The maximum absolute atomic E-state index is 5.54. The van der Waals surface area contributed by atoms with Gasteiger partial charge in [-0.15, -0.1) is 0 Å². The fourth-order valence-corrected chi connectivity index (χ4v) is 1.60. The summed E-state index contributed by atoms with van der Waals surface area (Å²) in [5.41, 5.74) is 9.12. The van der Waals surface area contributed by atoms with Gasteiger partial charge in [-0.2, -0.15) is 0 Å². The van der Waals surface area contributed by atoms with Crippen LogP contribution in [0, 0.1) is 6.92 Å². The van der Waals surface area contributed by atoms with Crippen LogP contribution in [0.2, 0.25) is 0 Å². The summed E-state index contributed by atoms with van der Waals surface area (Å²) in [6.07, 6.45) is 3.70. The van der Waals surface area contributed by atoms with Crippen LogP contribution in [0.5, 0.6) is 0 Å². The number of aromatic nitrogens is 2. The minimum atomic E-state index is 0.634. The molecule has 0 aliphatic carbocycles. The van der Waals surface area contributed by atoms with Crippen molar-refractivity contribution in [1.29, 1.82) is 0 Å². The quantitative estimate of drug-likeness (QED) is 0.823. The van der Waals surface area contributed by atoms with Gasteiger partial charge in [-0.1, -0.05) is 29.8 Å². The molecule has 2 rings (SSSR count). The molecule has 0 radical (unpaired) electrons. The van der Waals surface area contributed by atoms with E-state index in [-0.39, 0.29) is 0 Å². The largest absolute Gasteiger partial charge is 0.329 e. The Morgan fingerprint density at radius 1 is 1.27 bits per heavy atom. The summed E-state index contributed by atoms with van der Waals surface area (Å²) >= 11 is 0. The number of benzene rings is 1. The number of nitrogens with two attached hydrogens (primary N) is 1. The molecule has 0 aliphatic rings. The van der Waals surface area contributed by atoms with Crippen molar-refractivity contribution in [3.63, 3.8) is 0 Å². The predicted molar refractivity (Wildman–Crippen MR) is 61.5 cm³/mol. The van der Waals surface area contributed by atoms with E-state index in [1.54, 1.807) is 0 Å². The first-order valence-corrected chi connectivity index (χ1v) is 5.08. The topological polar surface area (TPSA) is 43.8 Å². The van der Waals surface area contributed by atoms with Crippen molar-refractivity contribution >= 4 is 0 Å². The lowest BCUT2D eigenvalue weighted by Gasteiger charge is -2.06. The molecule has 0 fully saturated rings. The highest BCUT2D eigenvalue weighted by atomic mass is 15.0. The first kappa shape index (κ1) is 9.93. The zero-order valence-corrected chi connectivity index (χ0v) is 8.85. The van der Waals surface area contributed by atoms with Crippen LogP contribution >= 0.6 is 0 Å². The fourth-order valence-electron chi connectivity index (χ4n) is 1.60. The van der Waals surface area contributed by atoms with E-state index in [9.17, 15) is 0 Å². The normalized spacial score (nSPS) is 10.5. The molecule has 3 nitrogen and oxygen atoms in total. The van der Waals surface area contributed by atoms with E-state index >= 15 is 0 Å². The Kier molecular flexibility index (Phi) is 2.83. The summed E-state index contributed by atoms with van der Waals surface area (Å²) in [5.74, 6) is 0. The molecule has 0 bridgehead atoms. The molecule has 0 spiro atoms. The van der Waals surface area contributed by atoms with E-state index in [4.69, 9.17) is 5.73 Å². The van der Waals surface area contributed by atoms with Crippen LogP contribution in [-0.4, -0.2) is 16.1 Å². The van der Waals surface area contributed by atoms with E-state index in [2.05, 4.69) is 40.7 Å². The smallest absolute Gasteiger partial charge is 0.0951 e. The highest BCUT2D eigenvalue weighted by Gasteiger charge is 2.03. The molecule has 3 heteroatoms. The third-order valence-corrected chi connectivity index (χ3v) is 2.43. The average Bonchev–Trinajstić information content (AvgIpc) is 2.68. The minimum absolute atomic E-state index is 0.634. The highest BCUT2D eigenvalue weighted by molar-refractivity contribution is 5.59. The van der Waals surface area contributed by atoms with Crippen molar-refractivity contribution in [1.82, 2.24) is 9.55 Å². The van der Waals surface area contributed by atoms with Crippen LogP contribution in [0.15, 0.2) is 36.8 Å². The molecule has 1 heterocycles. The lowest BCUT2D eigenvalue weighted by molar-refractivity contribution is 0.714. The molecule has 0 amide bonds. The predicted octanol–water partition coefficient (Wildman–Crippen LogP) is 1.82. The van der Waals surface area contributed by atoms with E-state index in [1.165, 1.54) is 11.1 Å². The van der Waals surface area contributed by atoms with E-state index < -0.39 is 0 Å². The molecule has 0 atom stereocenters. The number of hydrogen-bond donors (Lipinski definition) is 1. The van der Waals surface area contributed by atoms with Crippen LogP contribution in [0.4, 0.5) is 0 Å². The van der Waals surface area contributed by atoms with Gasteiger partial charge < -0.3 is 10.3 Å². The fraction of sp³-hybridized carbons (Fsp3) is 0.250. The highest BCUT2D eigenvalue weighted by Crippen LogP contribution is 2.18. The Labute approximate surface area is 89.6 Å². The van der Waals surface area contributed by atoms with Gasteiger partial charge >= 0.3 is 0 Å². The van der Waals surface area contributed by atoms with Crippen LogP contribution in [0.3, 0.4) is 0 Å². The average molecular weight is 201 g/mol. The monoisotopic (exact) mass is 201 g/mol. The third kappa shape index (κ3) is 2.07. The van der Waals surface area contributed by atoms with Crippen molar-refractivity contribution in [2.24, 2.45) is 5.73 Å². The number of imidazole rings is 1. The molecule has 2 aromatic rings. The molecule has 0 saturated carbocycles. The number of hydrogen-bond acceptors (Lipinski definition) is 2. The SMILES string of the molecule is Cc1ccc(-c2cncn2CCN)cc1. The lowest BCUT2D eigenvalue weighted by atomic mass is 10.1. The number of nitrogens with zero attached hydrogens (tertiary/aromatic N) is 2. The van der Waals surface area contributed by atoms with Crippen molar-refractivity contribution in [3.8, 4) is 11.3 Å². The van der Waals surface area contributed by atoms with Gasteiger partial charge in [-0.25, -0.2) is 4.98 Å². The summed E-state index contributed by atoms with van der Waals surface area (Å²) in [6.45, 7) is 3.53. The van der Waals surface area contributed by atoms with Crippen LogP contribution in [0.25, 0.3) is 11.3 Å². The number of aryl methyl sites for hydroxylation is 1. The third-order valence-electron chi connectivity index (χ3n) is 2.43. The molecule has 0 saturated heterocycles. The van der Waals surface area contributed by atoms with Crippen molar-refractivity contribution < 1.29 is 0 Å². The Balaban J connectivity index is 2.36. The zero-order valence-electron chi connectivity index (χ0n) is 8.85. The molecule has 2 N–H and O–H groups in total. The summed E-state index contributed by atoms with van der Waals surface area (Å²) in [5, 5.41) is 0. The summed E-state index contributed by atoms with van der Waals surface area (Å²) in [4.78, 5) is 4.15. The summed E-state index contributed by atoms with van der Waals surface area (Å²) < 4.78 is 2.07. The van der Waals surface area contributed by atoms with Gasteiger partial charge in [-0.05, 0) is 12.5 Å². The van der Waals surface area contributed by atoms with E-state index in [1.807, 2.05) is 12.5 Å². The Morgan fingerprint density at radius 2 is 2.00 bits per heavy atom. The molecule has 0 unspecified atom stereocenters. The second kappa shape index (κ2) is 4.28. The van der Waals surface area contributed by atoms with Gasteiger partial charge in [0.2, 0.25) is 0 Å². The van der Waals surface area contributed by atoms with Crippen molar-refractivity contribution in [2.75, 3.05) is 6.54 Å². The zero-order chi connectivity index (χ0) is 10.7. The first-order valence-electron chi connectivity index (χ1n) is 5.08. The van der Waals surface area contributed by atoms with Gasteiger partial charge in [0.15, 0.2) is 0 Å². The molecule has 1 aromatic carbocycles. The van der Waals surface area contributed by atoms with E-state index in [0.717, 1.165) is 12.2 Å². The first-order chi connectivity index (χ1) is 7.31.